The van der Waals surface area contributed by atoms with Crippen molar-refractivity contribution in [3.8, 4) is 0 Å². The molecule has 6 heteroatoms. The number of carbonyl (C=O) groups excluding carboxylic acids is 2. The maximum Gasteiger partial charge on any atom is 0.242 e. The first kappa shape index (κ1) is 24.9. The number of nitrogens with zero attached hydrogens (tertiary/aromatic N) is 1. The Morgan fingerprint density at radius 2 is 1.81 bits per heavy atom. The van der Waals surface area contributed by atoms with Crippen molar-refractivity contribution >= 4 is 23.6 Å². The van der Waals surface area contributed by atoms with Crippen LogP contribution in [0.1, 0.15) is 49.8 Å². The van der Waals surface area contributed by atoms with E-state index in [1.807, 2.05) is 38.1 Å². The highest BCUT2D eigenvalue weighted by molar-refractivity contribution is 7.99. The smallest absolute Gasteiger partial charge is 0.242 e. The largest absolute Gasteiger partial charge is 0.354 e. The van der Waals surface area contributed by atoms with Crippen molar-refractivity contribution in [2.75, 3.05) is 12.3 Å². The number of benzene rings is 2. The van der Waals surface area contributed by atoms with Crippen LogP contribution in [-0.2, 0) is 21.9 Å². The number of hydrogen-bond donors (Lipinski definition) is 1. The third kappa shape index (κ3) is 8.02. The van der Waals surface area contributed by atoms with Crippen molar-refractivity contribution in [1.82, 2.24) is 10.2 Å². The highest BCUT2D eigenvalue weighted by Crippen LogP contribution is 2.19. The van der Waals surface area contributed by atoms with E-state index >= 15 is 0 Å². The average Bonchev–Trinajstić information content (AvgIpc) is 2.76. The first-order valence-electron chi connectivity index (χ1n) is 10.9. The van der Waals surface area contributed by atoms with Crippen molar-refractivity contribution in [3.05, 3.63) is 71.0 Å². The van der Waals surface area contributed by atoms with Crippen LogP contribution in [0.25, 0.3) is 0 Å². The molecule has 2 aromatic carbocycles. The van der Waals surface area contributed by atoms with Gasteiger partial charge in [-0.2, -0.15) is 0 Å². The van der Waals surface area contributed by atoms with Gasteiger partial charge in [-0.15, -0.1) is 11.8 Å². The maximum atomic E-state index is 13.2. The molecule has 0 aliphatic carbocycles. The van der Waals surface area contributed by atoms with Gasteiger partial charge in [0.05, 0.1) is 5.75 Å². The van der Waals surface area contributed by atoms with Crippen LogP contribution in [0.3, 0.4) is 0 Å². The lowest BCUT2D eigenvalue weighted by molar-refractivity contribution is -0.139. The third-order valence-corrected chi connectivity index (χ3v) is 6.21. The Morgan fingerprint density at radius 1 is 1.10 bits per heavy atom. The Morgan fingerprint density at radius 3 is 2.45 bits per heavy atom. The zero-order valence-corrected chi connectivity index (χ0v) is 19.5. The van der Waals surface area contributed by atoms with E-state index in [0.29, 0.717) is 25.3 Å². The quantitative estimate of drug-likeness (QED) is 0.464. The third-order valence-electron chi connectivity index (χ3n) is 5.22. The number of aryl methyl sites for hydroxylation is 1. The normalized spacial score (nSPS) is 11.7. The molecule has 0 heterocycles. The number of amides is 2. The van der Waals surface area contributed by atoms with Gasteiger partial charge in [0.15, 0.2) is 0 Å². The molecule has 0 bridgehead atoms. The van der Waals surface area contributed by atoms with Gasteiger partial charge in [0, 0.05) is 18.8 Å². The SMILES string of the molecule is CCCCNC(=O)C(CC)N(Cc1ccccc1C)C(=O)CSCc1ccc(F)cc1. The number of unbranched alkanes of at least 4 members (excludes halogenated alkanes) is 1. The number of halogens is 1. The molecule has 4 nitrogen and oxygen atoms in total. The highest BCUT2D eigenvalue weighted by atomic mass is 32.2. The lowest BCUT2D eigenvalue weighted by Gasteiger charge is -2.31. The first-order valence-corrected chi connectivity index (χ1v) is 12.1. The summed E-state index contributed by atoms with van der Waals surface area (Å²) < 4.78 is 13.1. The number of carbonyl (C=O) groups is 2. The Labute approximate surface area is 189 Å². The van der Waals surface area contributed by atoms with E-state index < -0.39 is 6.04 Å². The molecule has 0 saturated carbocycles. The predicted octanol–water partition coefficient (Wildman–Crippen LogP) is 5.09. The molecule has 1 atom stereocenters. The average molecular weight is 445 g/mol. The molecule has 1 unspecified atom stereocenters. The number of hydrogen-bond acceptors (Lipinski definition) is 3. The summed E-state index contributed by atoms with van der Waals surface area (Å²) in [6.07, 6.45) is 2.47. The summed E-state index contributed by atoms with van der Waals surface area (Å²) in [4.78, 5) is 27.8. The molecule has 2 amide bonds. The first-order chi connectivity index (χ1) is 15.0. The van der Waals surface area contributed by atoms with Crippen LogP contribution >= 0.6 is 11.8 Å². The zero-order valence-electron chi connectivity index (χ0n) is 18.7. The van der Waals surface area contributed by atoms with Crippen LogP contribution < -0.4 is 5.32 Å². The minimum atomic E-state index is -0.504. The molecule has 168 valence electrons. The highest BCUT2D eigenvalue weighted by Gasteiger charge is 2.28. The van der Waals surface area contributed by atoms with Gasteiger partial charge < -0.3 is 10.2 Å². The molecule has 0 aromatic heterocycles. The minimum Gasteiger partial charge on any atom is -0.354 e. The van der Waals surface area contributed by atoms with Gasteiger partial charge in [0.1, 0.15) is 11.9 Å². The van der Waals surface area contributed by atoms with Crippen LogP contribution in [0, 0.1) is 12.7 Å². The summed E-state index contributed by atoms with van der Waals surface area (Å²) >= 11 is 1.48. The van der Waals surface area contributed by atoms with E-state index in [-0.39, 0.29) is 23.4 Å². The molecule has 1 N–H and O–H groups in total. The molecule has 0 fully saturated rings. The molecule has 31 heavy (non-hydrogen) atoms. The monoisotopic (exact) mass is 444 g/mol. The van der Waals surface area contributed by atoms with Gasteiger partial charge in [-0.3, -0.25) is 9.59 Å². The van der Waals surface area contributed by atoms with Gasteiger partial charge in [0.25, 0.3) is 0 Å². The number of nitrogens with one attached hydrogen (secondary N) is 1. The van der Waals surface area contributed by atoms with E-state index in [4.69, 9.17) is 0 Å². The van der Waals surface area contributed by atoms with Crippen LogP contribution in [0.2, 0.25) is 0 Å². The van der Waals surface area contributed by atoms with Crippen molar-refractivity contribution < 1.29 is 14.0 Å². The second kappa shape index (κ2) is 13.2. The molecular weight excluding hydrogens is 411 g/mol. The Balaban J connectivity index is 2.10. The summed E-state index contributed by atoms with van der Waals surface area (Å²) in [5.41, 5.74) is 3.11. The van der Waals surface area contributed by atoms with Gasteiger partial charge in [-0.05, 0) is 48.6 Å². The van der Waals surface area contributed by atoms with Crippen LogP contribution in [-0.4, -0.2) is 35.1 Å². The van der Waals surface area contributed by atoms with E-state index in [0.717, 1.165) is 29.5 Å². The van der Waals surface area contributed by atoms with Crippen LogP contribution in [0.15, 0.2) is 48.5 Å². The minimum absolute atomic E-state index is 0.0622. The van der Waals surface area contributed by atoms with Gasteiger partial charge in [-0.1, -0.05) is 56.7 Å². The number of rotatable bonds is 12. The summed E-state index contributed by atoms with van der Waals surface area (Å²) in [5, 5.41) is 2.98. The summed E-state index contributed by atoms with van der Waals surface area (Å²) in [5.74, 6) is 0.453. The number of thioether (sulfide) groups is 1. The Kier molecular flexibility index (Phi) is 10.6. The molecular formula is C25H33FN2O2S. The Bertz CT molecular complexity index is 842. The van der Waals surface area contributed by atoms with E-state index in [1.165, 1.54) is 23.9 Å². The van der Waals surface area contributed by atoms with Gasteiger partial charge in [0.2, 0.25) is 11.8 Å². The molecule has 2 rings (SSSR count). The molecule has 0 saturated heterocycles. The lowest BCUT2D eigenvalue weighted by atomic mass is 10.1. The fourth-order valence-corrected chi connectivity index (χ4v) is 4.19. The van der Waals surface area contributed by atoms with E-state index in [9.17, 15) is 14.0 Å². The van der Waals surface area contributed by atoms with Gasteiger partial charge >= 0.3 is 0 Å². The summed E-state index contributed by atoms with van der Waals surface area (Å²) in [6.45, 7) is 7.06. The second-order valence-corrected chi connectivity index (χ2v) is 8.62. The molecule has 0 spiro atoms. The zero-order chi connectivity index (χ0) is 22.6. The van der Waals surface area contributed by atoms with Crippen LogP contribution in [0.4, 0.5) is 4.39 Å². The topological polar surface area (TPSA) is 49.4 Å². The fraction of sp³-hybridized carbons (Fsp3) is 0.440. The molecule has 0 aliphatic heterocycles. The van der Waals surface area contributed by atoms with Crippen molar-refractivity contribution in [1.29, 1.82) is 0 Å². The van der Waals surface area contributed by atoms with Crippen molar-refractivity contribution in [3.63, 3.8) is 0 Å². The molecule has 0 radical (unpaired) electrons. The molecule has 0 aliphatic rings. The summed E-state index contributed by atoms with van der Waals surface area (Å²) in [7, 11) is 0. The summed E-state index contributed by atoms with van der Waals surface area (Å²) in [6, 6.07) is 13.8. The predicted molar refractivity (Wildman–Crippen MR) is 126 cm³/mol. The fourth-order valence-electron chi connectivity index (χ4n) is 3.32. The lowest BCUT2D eigenvalue weighted by Crippen LogP contribution is -2.49. The van der Waals surface area contributed by atoms with Gasteiger partial charge in [-0.25, -0.2) is 4.39 Å². The van der Waals surface area contributed by atoms with Crippen molar-refractivity contribution in [2.45, 2.75) is 58.4 Å². The standard InChI is InChI=1S/C25H33FN2O2S/c1-4-6-15-27-25(30)23(5-2)28(16-21-10-8-7-9-19(21)3)24(29)18-31-17-20-11-13-22(26)14-12-20/h7-14,23H,4-6,15-18H2,1-3H3,(H,27,30). The van der Waals surface area contributed by atoms with E-state index in [1.54, 1.807) is 17.0 Å². The maximum absolute atomic E-state index is 13.2. The van der Waals surface area contributed by atoms with E-state index in [2.05, 4.69) is 12.2 Å². The second-order valence-electron chi connectivity index (χ2n) is 7.64. The Hall–Kier alpha value is -2.34. The molecule has 2 aromatic rings. The van der Waals surface area contributed by atoms with Crippen LogP contribution in [0.5, 0.6) is 0 Å². The van der Waals surface area contributed by atoms with Crippen molar-refractivity contribution in [2.24, 2.45) is 0 Å².